The van der Waals surface area contributed by atoms with E-state index in [1.54, 1.807) is 11.9 Å². The Morgan fingerprint density at radius 3 is 3.00 bits per heavy atom. The summed E-state index contributed by atoms with van der Waals surface area (Å²) < 4.78 is 0. The van der Waals surface area contributed by atoms with Crippen molar-refractivity contribution in [1.29, 1.82) is 0 Å². The van der Waals surface area contributed by atoms with Gasteiger partial charge in [-0.1, -0.05) is 6.92 Å². The first-order chi connectivity index (χ1) is 7.13. The van der Waals surface area contributed by atoms with Crippen LogP contribution in [0.3, 0.4) is 0 Å². The van der Waals surface area contributed by atoms with Crippen molar-refractivity contribution < 1.29 is 4.79 Å². The molecule has 1 amide bonds. The maximum atomic E-state index is 11.6. The molecular weight excluding hydrogens is 194 g/mol. The molecule has 0 saturated carbocycles. The first kappa shape index (κ1) is 11.6. The van der Waals surface area contributed by atoms with E-state index < -0.39 is 0 Å². The Morgan fingerprint density at radius 1 is 1.73 bits per heavy atom. The number of amides is 1. The van der Waals surface area contributed by atoms with Gasteiger partial charge < -0.3 is 10.6 Å². The molecule has 0 saturated heterocycles. The van der Waals surface area contributed by atoms with Crippen LogP contribution in [0.15, 0.2) is 6.33 Å². The van der Waals surface area contributed by atoms with Gasteiger partial charge in [0.2, 0.25) is 5.91 Å². The van der Waals surface area contributed by atoms with E-state index in [-0.39, 0.29) is 11.9 Å². The molecule has 0 radical (unpaired) electrons. The molecule has 0 aliphatic rings. The van der Waals surface area contributed by atoms with E-state index in [9.17, 15) is 4.79 Å². The standard InChI is InChI=1S/C9H17N5O/c1-3-7(10)4-9(15)14(2)5-8-11-6-12-13-8/h6-7H,3-5,10H2,1-2H3,(H,11,12,13). The van der Waals surface area contributed by atoms with Gasteiger partial charge in [0.25, 0.3) is 0 Å². The third-order valence-corrected chi connectivity index (χ3v) is 2.24. The second-order valence-electron chi connectivity index (χ2n) is 3.55. The molecule has 1 unspecified atom stereocenters. The number of rotatable bonds is 5. The molecule has 6 nitrogen and oxygen atoms in total. The molecule has 1 rings (SSSR count). The minimum atomic E-state index is -0.0605. The van der Waals surface area contributed by atoms with Crippen LogP contribution in [0.1, 0.15) is 25.6 Å². The summed E-state index contributed by atoms with van der Waals surface area (Å²) in [5.41, 5.74) is 5.70. The lowest BCUT2D eigenvalue weighted by atomic mass is 10.1. The number of hydrogen-bond donors (Lipinski definition) is 2. The van der Waals surface area contributed by atoms with Gasteiger partial charge in [0.1, 0.15) is 12.2 Å². The van der Waals surface area contributed by atoms with Crippen molar-refractivity contribution in [1.82, 2.24) is 20.1 Å². The van der Waals surface area contributed by atoms with Gasteiger partial charge in [0.05, 0.1) is 6.54 Å². The Balaban J connectivity index is 2.40. The molecule has 0 aliphatic heterocycles. The van der Waals surface area contributed by atoms with Crippen LogP contribution in [0.5, 0.6) is 0 Å². The minimum Gasteiger partial charge on any atom is -0.338 e. The molecule has 0 aliphatic carbocycles. The Morgan fingerprint density at radius 2 is 2.47 bits per heavy atom. The molecule has 15 heavy (non-hydrogen) atoms. The number of aromatic amines is 1. The van der Waals surface area contributed by atoms with Gasteiger partial charge in [-0.05, 0) is 6.42 Å². The zero-order valence-electron chi connectivity index (χ0n) is 9.10. The zero-order valence-corrected chi connectivity index (χ0v) is 9.10. The summed E-state index contributed by atoms with van der Waals surface area (Å²) in [6, 6.07) is -0.0605. The van der Waals surface area contributed by atoms with Gasteiger partial charge in [-0.15, -0.1) is 0 Å². The molecule has 84 valence electrons. The van der Waals surface area contributed by atoms with Crippen LogP contribution >= 0.6 is 0 Å². The van der Waals surface area contributed by atoms with Gasteiger partial charge in [-0.3, -0.25) is 9.89 Å². The molecule has 6 heteroatoms. The van der Waals surface area contributed by atoms with Gasteiger partial charge >= 0.3 is 0 Å². The predicted molar refractivity (Wildman–Crippen MR) is 55.7 cm³/mol. The summed E-state index contributed by atoms with van der Waals surface area (Å²) in [6.07, 6.45) is 2.61. The average Bonchev–Trinajstić information content (AvgIpc) is 2.70. The largest absolute Gasteiger partial charge is 0.338 e. The van der Waals surface area contributed by atoms with Crippen LogP contribution in [0.25, 0.3) is 0 Å². The van der Waals surface area contributed by atoms with E-state index in [4.69, 9.17) is 5.73 Å². The van der Waals surface area contributed by atoms with Gasteiger partial charge in [0, 0.05) is 19.5 Å². The number of nitrogens with one attached hydrogen (secondary N) is 1. The number of nitrogens with two attached hydrogens (primary N) is 1. The van der Waals surface area contributed by atoms with Crippen molar-refractivity contribution in [2.75, 3.05) is 7.05 Å². The molecule has 1 aromatic heterocycles. The highest BCUT2D eigenvalue weighted by molar-refractivity contribution is 5.76. The van der Waals surface area contributed by atoms with Crippen molar-refractivity contribution in [3.8, 4) is 0 Å². The van der Waals surface area contributed by atoms with E-state index >= 15 is 0 Å². The van der Waals surface area contributed by atoms with E-state index in [0.29, 0.717) is 18.8 Å². The lowest BCUT2D eigenvalue weighted by molar-refractivity contribution is -0.130. The Labute approximate surface area is 88.9 Å². The number of carbonyl (C=O) groups is 1. The van der Waals surface area contributed by atoms with Gasteiger partial charge in [-0.2, -0.15) is 5.10 Å². The predicted octanol–water partition coefficient (Wildman–Crippen LogP) is -0.110. The van der Waals surface area contributed by atoms with E-state index in [0.717, 1.165) is 6.42 Å². The smallest absolute Gasteiger partial charge is 0.224 e. The van der Waals surface area contributed by atoms with Crippen LogP contribution in [0.2, 0.25) is 0 Å². The molecule has 1 aromatic rings. The fraction of sp³-hybridized carbons (Fsp3) is 0.667. The van der Waals surface area contributed by atoms with Crippen LogP contribution < -0.4 is 5.73 Å². The molecule has 0 aromatic carbocycles. The first-order valence-corrected chi connectivity index (χ1v) is 4.97. The SMILES string of the molecule is CCC(N)CC(=O)N(C)Cc1ncn[nH]1. The summed E-state index contributed by atoms with van der Waals surface area (Å²) in [6.45, 7) is 2.41. The molecule has 1 heterocycles. The molecule has 0 spiro atoms. The lowest BCUT2D eigenvalue weighted by Gasteiger charge is -2.17. The molecule has 3 N–H and O–H groups in total. The van der Waals surface area contributed by atoms with E-state index in [1.807, 2.05) is 6.92 Å². The summed E-state index contributed by atoms with van der Waals surface area (Å²) in [4.78, 5) is 17.2. The van der Waals surface area contributed by atoms with E-state index in [1.165, 1.54) is 6.33 Å². The minimum absolute atomic E-state index is 0.0285. The Bertz CT molecular complexity index is 297. The van der Waals surface area contributed by atoms with Crippen molar-refractivity contribution in [2.45, 2.75) is 32.4 Å². The normalized spacial score (nSPS) is 12.5. The monoisotopic (exact) mass is 211 g/mol. The second kappa shape index (κ2) is 5.45. The van der Waals surface area contributed by atoms with Gasteiger partial charge in [0.15, 0.2) is 0 Å². The molecule has 0 bridgehead atoms. The quantitative estimate of drug-likeness (QED) is 0.711. The summed E-state index contributed by atoms with van der Waals surface area (Å²) in [5.74, 6) is 0.705. The highest BCUT2D eigenvalue weighted by Crippen LogP contribution is 2.01. The van der Waals surface area contributed by atoms with Crippen LogP contribution in [-0.2, 0) is 11.3 Å². The second-order valence-corrected chi connectivity index (χ2v) is 3.55. The molecular formula is C9H17N5O. The number of nitrogens with zero attached hydrogens (tertiary/aromatic N) is 3. The third kappa shape index (κ3) is 3.67. The summed E-state index contributed by atoms with van der Waals surface area (Å²) in [5, 5.41) is 6.42. The maximum absolute atomic E-state index is 11.6. The Hall–Kier alpha value is -1.43. The van der Waals surface area contributed by atoms with Gasteiger partial charge in [-0.25, -0.2) is 4.98 Å². The highest BCUT2D eigenvalue weighted by atomic mass is 16.2. The van der Waals surface area contributed by atoms with Crippen LogP contribution in [0, 0.1) is 0 Å². The fourth-order valence-electron chi connectivity index (χ4n) is 1.14. The van der Waals surface area contributed by atoms with Crippen LogP contribution in [0.4, 0.5) is 0 Å². The first-order valence-electron chi connectivity index (χ1n) is 4.97. The highest BCUT2D eigenvalue weighted by Gasteiger charge is 2.13. The zero-order chi connectivity index (χ0) is 11.3. The average molecular weight is 211 g/mol. The van der Waals surface area contributed by atoms with Crippen molar-refractivity contribution >= 4 is 5.91 Å². The van der Waals surface area contributed by atoms with Crippen molar-refractivity contribution in [3.63, 3.8) is 0 Å². The number of hydrogen-bond acceptors (Lipinski definition) is 4. The number of H-pyrrole nitrogens is 1. The topological polar surface area (TPSA) is 87.9 Å². The summed E-state index contributed by atoms with van der Waals surface area (Å²) in [7, 11) is 1.73. The molecule has 1 atom stereocenters. The maximum Gasteiger partial charge on any atom is 0.224 e. The number of aromatic nitrogens is 3. The Kier molecular flexibility index (Phi) is 4.23. The summed E-state index contributed by atoms with van der Waals surface area (Å²) >= 11 is 0. The van der Waals surface area contributed by atoms with Crippen molar-refractivity contribution in [2.24, 2.45) is 5.73 Å². The van der Waals surface area contributed by atoms with E-state index in [2.05, 4.69) is 15.2 Å². The van der Waals surface area contributed by atoms with Crippen molar-refractivity contribution in [3.05, 3.63) is 12.2 Å². The molecule has 0 fully saturated rings. The third-order valence-electron chi connectivity index (χ3n) is 2.24. The van der Waals surface area contributed by atoms with Crippen LogP contribution in [-0.4, -0.2) is 39.1 Å². The fourth-order valence-corrected chi connectivity index (χ4v) is 1.14. The number of carbonyl (C=O) groups excluding carboxylic acids is 1. The lowest BCUT2D eigenvalue weighted by Crippen LogP contribution is -2.32.